The van der Waals surface area contributed by atoms with Crippen LogP contribution in [0.25, 0.3) is 0 Å². The van der Waals surface area contributed by atoms with E-state index in [2.05, 4.69) is 69.5 Å². The van der Waals surface area contributed by atoms with Gasteiger partial charge in [-0.2, -0.15) is 0 Å². The van der Waals surface area contributed by atoms with Crippen LogP contribution in [0.3, 0.4) is 0 Å². The number of hydrogen-bond donors (Lipinski definition) is 2. The highest BCUT2D eigenvalue weighted by atomic mass is 127. The maximum absolute atomic E-state index is 5.87. The molecule has 1 unspecified atom stereocenters. The SMILES string of the molecule is CCNC(=NCc1cccc(COC(C)(C)C)c1)NCC1(C)CCCO1.I. The highest BCUT2D eigenvalue weighted by Crippen LogP contribution is 2.23. The Morgan fingerprint density at radius 3 is 2.63 bits per heavy atom. The Labute approximate surface area is 181 Å². The van der Waals surface area contributed by atoms with Crippen molar-refractivity contribution in [2.75, 3.05) is 19.7 Å². The Morgan fingerprint density at radius 2 is 2.00 bits per heavy atom. The van der Waals surface area contributed by atoms with Gasteiger partial charge in [-0.1, -0.05) is 24.3 Å². The fraction of sp³-hybridized carbons (Fsp3) is 0.667. The zero-order chi connectivity index (χ0) is 19.0. The van der Waals surface area contributed by atoms with Crippen LogP contribution in [0, 0.1) is 0 Å². The van der Waals surface area contributed by atoms with Crippen LogP contribution in [0.15, 0.2) is 29.3 Å². The van der Waals surface area contributed by atoms with Gasteiger partial charge in [0.15, 0.2) is 5.96 Å². The summed E-state index contributed by atoms with van der Waals surface area (Å²) in [6, 6.07) is 8.44. The van der Waals surface area contributed by atoms with Crippen molar-refractivity contribution in [3.05, 3.63) is 35.4 Å². The van der Waals surface area contributed by atoms with E-state index in [9.17, 15) is 0 Å². The van der Waals surface area contributed by atoms with Crippen LogP contribution in [-0.4, -0.2) is 36.9 Å². The zero-order valence-corrected chi connectivity index (χ0v) is 19.8. The third-order valence-electron chi connectivity index (χ3n) is 4.36. The first-order valence-corrected chi connectivity index (χ1v) is 9.68. The molecule has 0 aromatic heterocycles. The Kier molecular flexibility index (Phi) is 10.0. The molecule has 0 aliphatic carbocycles. The van der Waals surface area contributed by atoms with Crippen LogP contribution in [0.1, 0.15) is 58.6 Å². The fourth-order valence-electron chi connectivity index (χ4n) is 2.88. The van der Waals surface area contributed by atoms with E-state index >= 15 is 0 Å². The van der Waals surface area contributed by atoms with Crippen LogP contribution in [0.4, 0.5) is 0 Å². The van der Waals surface area contributed by atoms with Gasteiger partial charge in [0.25, 0.3) is 0 Å². The Morgan fingerprint density at radius 1 is 1.26 bits per heavy atom. The fourth-order valence-corrected chi connectivity index (χ4v) is 2.88. The molecule has 0 saturated carbocycles. The van der Waals surface area contributed by atoms with E-state index in [-0.39, 0.29) is 35.2 Å². The van der Waals surface area contributed by atoms with E-state index in [4.69, 9.17) is 14.5 Å². The molecule has 5 nitrogen and oxygen atoms in total. The lowest BCUT2D eigenvalue weighted by Crippen LogP contribution is -2.45. The van der Waals surface area contributed by atoms with E-state index in [1.807, 2.05) is 0 Å². The summed E-state index contributed by atoms with van der Waals surface area (Å²) in [5.74, 6) is 0.834. The summed E-state index contributed by atoms with van der Waals surface area (Å²) in [6.07, 6.45) is 2.23. The summed E-state index contributed by atoms with van der Waals surface area (Å²) >= 11 is 0. The molecule has 6 heteroatoms. The maximum Gasteiger partial charge on any atom is 0.191 e. The zero-order valence-electron chi connectivity index (χ0n) is 17.4. The molecule has 1 aromatic rings. The third kappa shape index (κ3) is 9.25. The molecule has 27 heavy (non-hydrogen) atoms. The van der Waals surface area contributed by atoms with Crippen molar-refractivity contribution in [2.24, 2.45) is 4.99 Å². The minimum absolute atomic E-state index is 0. The molecule has 154 valence electrons. The second-order valence-corrected chi connectivity index (χ2v) is 8.17. The molecule has 1 atom stereocenters. The number of nitrogens with zero attached hydrogens (tertiary/aromatic N) is 1. The van der Waals surface area contributed by atoms with Crippen LogP contribution in [0.5, 0.6) is 0 Å². The molecule has 0 bridgehead atoms. The van der Waals surface area contributed by atoms with Crippen molar-refractivity contribution < 1.29 is 9.47 Å². The Bertz CT molecular complexity index is 593. The summed E-state index contributed by atoms with van der Waals surface area (Å²) in [6.45, 7) is 14.2. The molecule has 2 N–H and O–H groups in total. The first kappa shape index (κ1) is 24.2. The van der Waals surface area contributed by atoms with Crippen LogP contribution in [-0.2, 0) is 22.6 Å². The van der Waals surface area contributed by atoms with Crippen LogP contribution in [0.2, 0.25) is 0 Å². The van der Waals surface area contributed by atoms with E-state index in [1.165, 1.54) is 11.1 Å². The molecule has 1 fully saturated rings. The first-order valence-electron chi connectivity index (χ1n) is 9.68. The van der Waals surface area contributed by atoms with E-state index < -0.39 is 0 Å². The highest BCUT2D eigenvalue weighted by Gasteiger charge is 2.29. The smallest absolute Gasteiger partial charge is 0.191 e. The van der Waals surface area contributed by atoms with Crippen LogP contribution < -0.4 is 10.6 Å². The Hall–Kier alpha value is -0.860. The minimum atomic E-state index is -0.130. The van der Waals surface area contributed by atoms with Gasteiger partial charge in [0.05, 0.1) is 24.4 Å². The molecule has 0 spiro atoms. The van der Waals surface area contributed by atoms with Crippen molar-refractivity contribution in [1.82, 2.24) is 10.6 Å². The molecule has 1 aromatic carbocycles. The highest BCUT2D eigenvalue weighted by molar-refractivity contribution is 14.0. The van der Waals surface area contributed by atoms with Gasteiger partial charge in [-0.05, 0) is 58.6 Å². The number of ether oxygens (including phenoxy) is 2. The van der Waals surface area contributed by atoms with Gasteiger partial charge < -0.3 is 20.1 Å². The third-order valence-corrected chi connectivity index (χ3v) is 4.36. The molecule has 1 heterocycles. The number of hydrogen-bond acceptors (Lipinski definition) is 3. The number of aliphatic imine (C=N–C) groups is 1. The van der Waals surface area contributed by atoms with Crippen molar-refractivity contribution in [2.45, 2.75) is 71.8 Å². The predicted octanol–water partition coefficient (Wildman–Crippen LogP) is 4.24. The van der Waals surface area contributed by atoms with Gasteiger partial charge >= 0.3 is 0 Å². The second kappa shape index (κ2) is 11.2. The molecule has 1 aliphatic rings. The van der Waals surface area contributed by atoms with Crippen molar-refractivity contribution >= 4 is 29.9 Å². The number of nitrogens with one attached hydrogen (secondary N) is 2. The topological polar surface area (TPSA) is 54.9 Å². The first-order chi connectivity index (χ1) is 12.3. The number of rotatable bonds is 7. The summed E-state index contributed by atoms with van der Waals surface area (Å²) in [5, 5.41) is 6.73. The van der Waals surface area contributed by atoms with Gasteiger partial charge in [-0.3, -0.25) is 0 Å². The van der Waals surface area contributed by atoms with Gasteiger partial charge in [0.2, 0.25) is 0 Å². The monoisotopic (exact) mass is 489 g/mol. The van der Waals surface area contributed by atoms with Crippen molar-refractivity contribution in [3.63, 3.8) is 0 Å². The molecule has 0 radical (unpaired) electrons. The summed E-state index contributed by atoms with van der Waals surface area (Å²) in [4.78, 5) is 4.72. The lowest BCUT2D eigenvalue weighted by atomic mass is 10.0. The van der Waals surface area contributed by atoms with Crippen molar-refractivity contribution in [1.29, 1.82) is 0 Å². The average Bonchev–Trinajstić information content (AvgIpc) is 3.02. The molecule has 0 amide bonds. The predicted molar refractivity (Wildman–Crippen MR) is 123 cm³/mol. The molecular formula is C21H36IN3O2. The standard InChI is InChI=1S/C21H35N3O2.HI/c1-6-22-19(24-16-21(5)11-8-12-25-21)23-14-17-9-7-10-18(13-17)15-26-20(2,3)4;/h7,9-10,13H,6,8,11-12,14-16H2,1-5H3,(H2,22,23,24);1H. The minimum Gasteiger partial charge on any atom is -0.373 e. The quantitative estimate of drug-likeness (QED) is 0.342. The average molecular weight is 489 g/mol. The van der Waals surface area contributed by atoms with Crippen LogP contribution >= 0.6 is 24.0 Å². The van der Waals surface area contributed by atoms with Crippen molar-refractivity contribution in [3.8, 4) is 0 Å². The molecule has 1 aliphatic heterocycles. The lowest BCUT2D eigenvalue weighted by Gasteiger charge is -2.24. The van der Waals surface area contributed by atoms with Gasteiger partial charge in [-0.25, -0.2) is 4.99 Å². The summed E-state index contributed by atoms with van der Waals surface area (Å²) < 4.78 is 11.7. The summed E-state index contributed by atoms with van der Waals surface area (Å²) in [5.41, 5.74) is 2.15. The normalized spacial score (nSPS) is 20.3. The van der Waals surface area contributed by atoms with E-state index in [0.717, 1.165) is 38.5 Å². The second-order valence-electron chi connectivity index (χ2n) is 8.17. The largest absolute Gasteiger partial charge is 0.373 e. The van der Waals surface area contributed by atoms with Gasteiger partial charge in [-0.15, -0.1) is 24.0 Å². The number of guanidine groups is 1. The maximum atomic E-state index is 5.87. The van der Waals surface area contributed by atoms with Gasteiger partial charge in [0.1, 0.15) is 0 Å². The molecule has 1 saturated heterocycles. The number of benzene rings is 1. The number of halogens is 1. The summed E-state index contributed by atoms with van der Waals surface area (Å²) in [7, 11) is 0. The van der Waals surface area contributed by atoms with E-state index in [0.29, 0.717) is 13.2 Å². The molecular weight excluding hydrogens is 453 g/mol. The lowest BCUT2D eigenvalue weighted by molar-refractivity contribution is -0.0149. The molecule has 2 rings (SSSR count). The van der Waals surface area contributed by atoms with Gasteiger partial charge in [0, 0.05) is 19.7 Å². The van der Waals surface area contributed by atoms with E-state index in [1.54, 1.807) is 0 Å². The Balaban J connectivity index is 0.00000364.